The van der Waals surface area contributed by atoms with Crippen molar-refractivity contribution in [3.8, 4) is 11.5 Å². The maximum atomic E-state index is 12.6. The van der Waals surface area contributed by atoms with E-state index in [9.17, 15) is 4.79 Å². The van der Waals surface area contributed by atoms with E-state index in [2.05, 4.69) is 10.3 Å². The van der Waals surface area contributed by atoms with Crippen LogP contribution >= 0.6 is 11.8 Å². The van der Waals surface area contributed by atoms with E-state index in [1.807, 2.05) is 65.6 Å². The maximum absolute atomic E-state index is 12.6. The Morgan fingerprint density at radius 3 is 2.53 bits per heavy atom. The van der Waals surface area contributed by atoms with Crippen LogP contribution in [-0.4, -0.2) is 36.1 Å². The molecule has 0 radical (unpaired) electrons. The molecule has 7 nitrogen and oxygen atoms in total. The molecule has 160 valence electrons. The van der Waals surface area contributed by atoms with E-state index < -0.39 is 0 Å². The normalized spacial score (nSPS) is 14.6. The van der Waals surface area contributed by atoms with Crippen molar-refractivity contribution in [1.82, 2.24) is 0 Å². The first-order chi connectivity index (χ1) is 15.8. The van der Waals surface area contributed by atoms with Gasteiger partial charge in [0.25, 0.3) is 0 Å². The molecule has 2 aliphatic rings. The molecular weight excluding hydrogens is 424 g/mol. The van der Waals surface area contributed by atoms with Crippen LogP contribution in [-0.2, 0) is 4.79 Å². The molecule has 0 saturated carbocycles. The third-order valence-corrected chi connectivity index (χ3v) is 5.86. The van der Waals surface area contributed by atoms with Crippen LogP contribution in [0.1, 0.15) is 5.56 Å². The Morgan fingerprint density at radius 1 is 0.969 bits per heavy atom. The molecule has 0 aromatic heterocycles. The molecule has 1 amide bonds. The monoisotopic (exact) mass is 444 g/mol. The second-order valence-electron chi connectivity index (χ2n) is 7.05. The Balaban J connectivity index is 1.31. The first-order valence-electron chi connectivity index (χ1n) is 10.1. The topological polar surface area (TPSA) is 75.5 Å². The fraction of sp³-hybridized carbons (Fsp3) is 0.125. The molecule has 0 fully saturated rings. The van der Waals surface area contributed by atoms with Crippen molar-refractivity contribution >= 4 is 40.0 Å². The van der Waals surface area contributed by atoms with Crippen LogP contribution in [0.5, 0.6) is 11.5 Å². The van der Waals surface area contributed by atoms with Gasteiger partial charge in [-0.3, -0.25) is 4.79 Å². The lowest BCUT2D eigenvalue weighted by Gasteiger charge is -2.27. The van der Waals surface area contributed by atoms with Gasteiger partial charge < -0.3 is 19.7 Å². The summed E-state index contributed by atoms with van der Waals surface area (Å²) >= 11 is 1.38. The molecule has 8 heteroatoms. The van der Waals surface area contributed by atoms with E-state index in [4.69, 9.17) is 14.5 Å². The highest BCUT2D eigenvalue weighted by atomic mass is 32.2. The first-order valence-corrected chi connectivity index (χ1v) is 11.1. The summed E-state index contributed by atoms with van der Waals surface area (Å²) in [4.78, 5) is 24.1. The summed E-state index contributed by atoms with van der Waals surface area (Å²) in [6.07, 6.45) is 0. The van der Waals surface area contributed by atoms with Crippen molar-refractivity contribution in [2.24, 2.45) is 9.98 Å². The van der Waals surface area contributed by atoms with Crippen molar-refractivity contribution < 1.29 is 14.3 Å². The molecule has 0 unspecified atom stereocenters. The molecule has 1 N–H and O–H groups in total. The Bertz CT molecular complexity index is 1180. The van der Waals surface area contributed by atoms with Crippen LogP contribution < -0.4 is 19.7 Å². The largest absolute Gasteiger partial charge is 0.454 e. The SMILES string of the molecule is O=C(CSC1=NC(c2ccccc2)=NCN1c1ccccc1)Nc1ccc2c(c1)OCO2. The number of amidine groups is 2. The van der Waals surface area contributed by atoms with E-state index in [1.54, 1.807) is 18.2 Å². The van der Waals surface area contributed by atoms with Crippen LogP contribution in [0.3, 0.4) is 0 Å². The van der Waals surface area contributed by atoms with Gasteiger partial charge in [0.05, 0.1) is 5.75 Å². The molecule has 3 aromatic carbocycles. The van der Waals surface area contributed by atoms with Gasteiger partial charge in [-0.1, -0.05) is 60.3 Å². The molecule has 32 heavy (non-hydrogen) atoms. The predicted molar refractivity (Wildman–Crippen MR) is 128 cm³/mol. The fourth-order valence-corrected chi connectivity index (χ4v) is 4.14. The number of nitrogens with one attached hydrogen (secondary N) is 1. The summed E-state index contributed by atoms with van der Waals surface area (Å²) in [7, 11) is 0. The molecule has 3 aromatic rings. The number of benzene rings is 3. The van der Waals surface area contributed by atoms with Crippen molar-refractivity contribution in [3.63, 3.8) is 0 Å². The third kappa shape index (κ3) is 4.45. The summed E-state index contributed by atoms with van der Waals surface area (Å²) < 4.78 is 10.7. The lowest BCUT2D eigenvalue weighted by atomic mass is 10.2. The zero-order valence-electron chi connectivity index (χ0n) is 17.1. The molecular formula is C24H20N4O3S. The Hall–Kier alpha value is -3.78. The Morgan fingerprint density at radius 2 is 1.72 bits per heavy atom. The van der Waals surface area contributed by atoms with Gasteiger partial charge in [0.2, 0.25) is 12.7 Å². The van der Waals surface area contributed by atoms with Crippen LogP contribution in [0.25, 0.3) is 0 Å². The predicted octanol–water partition coefficient (Wildman–Crippen LogP) is 4.37. The summed E-state index contributed by atoms with van der Waals surface area (Å²) in [5.74, 6) is 2.05. The van der Waals surface area contributed by atoms with Crippen molar-refractivity contribution in [2.75, 3.05) is 29.4 Å². The van der Waals surface area contributed by atoms with Gasteiger partial charge in [0.15, 0.2) is 22.5 Å². The lowest BCUT2D eigenvalue weighted by Crippen LogP contribution is -2.34. The highest BCUT2D eigenvalue weighted by Crippen LogP contribution is 2.34. The number of rotatable bonds is 5. The summed E-state index contributed by atoms with van der Waals surface area (Å²) in [6, 6.07) is 25.1. The first kappa shape index (κ1) is 20.1. The summed E-state index contributed by atoms with van der Waals surface area (Å²) in [5.41, 5.74) is 2.59. The van der Waals surface area contributed by atoms with Gasteiger partial charge in [-0.25, -0.2) is 9.98 Å². The van der Waals surface area contributed by atoms with Gasteiger partial charge in [0, 0.05) is 23.0 Å². The minimum Gasteiger partial charge on any atom is -0.454 e. The smallest absolute Gasteiger partial charge is 0.234 e. The number of carbonyl (C=O) groups is 1. The second kappa shape index (κ2) is 9.15. The van der Waals surface area contributed by atoms with Crippen LogP contribution in [0, 0.1) is 0 Å². The molecule has 0 atom stereocenters. The van der Waals surface area contributed by atoms with Crippen LogP contribution in [0.4, 0.5) is 11.4 Å². The quantitative estimate of drug-likeness (QED) is 0.633. The number of ether oxygens (including phenoxy) is 2. The van der Waals surface area contributed by atoms with Crippen molar-refractivity contribution in [3.05, 3.63) is 84.4 Å². The average molecular weight is 445 g/mol. The number of fused-ring (bicyclic) bond motifs is 1. The molecule has 0 spiro atoms. The van der Waals surface area contributed by atoms with Crippen molar-refractivity contribution in [2.45, 2.75) is 0 Å². The number of amides is 1. The number of thioether (sulfide) groups is 1. The molecule has 2 aliphatic heterocycles. The van der Waals surface area contributed by atoms with Gasteiger partial charge in [-0.15, -0.1) is 0 Å². The van der Waals surface area contributed by atoms with Gasteiger partial charge >= 0.3 is 0 Å². The fourth-order valence-electron chi connectivity index (χ4n) is 3.34. The highest BCUT2D eigenvalue weighted by molar-refractivity contribution is 8.14. The third-order valence-electron chi connectivity index (χ3n) is 4.88. The minimum absolute atomic E-state index is 0.131. The Labute approximate surface area is 189 Å². The van der Waals surface area contributed by atoms with E-state index in [0.717, 1.165) is 16.4 Å². The zero-order valence-corrected chi connectivity index (χ0v) is 17.9. The standard InChI is InChI=1S/C24H20N4O3S/c29-22(26-18-11-12-20-21(13-18)31-16-30-20)14-32-24-27-23(17-7-3-1-4-8-17)25-15-28(24)19-9-5-2-6-10-19/h1-13H,14-16H2,(H,26,29). The lowest BCUT2D eigenvalue weighted by molar-refractivity contribution is -0.113. The van der Waals surface area contributed by atoms with Gasteiger partial charge in [0.1, 0.15) is 6.67 Å². The highest BCUT2D eigenvalue weighted by Gasteiger charge is 2.21. The number of hydrogen-bond donors (Lipinski definition) is 1. The van der Waals surface area contributed by atoms with Gasteiger partial charge in [-0.05, 0) is 24.3 Å². The van der Waals surface area contributed by atoms with E-state index in [0.29, 0.717) is 29.7 Å². The van der Waals surface area contributed by atoms with E-state index in [1.165, 1.54) is 11.8 Å². The number of nitrogens with zero attached hydrogens (tertiary/aromatic N) is 3. The second-order valence-corrected chi connectivity index (χ2v) is 7.99. The summed E-state index contributed by atoms with van der Waals surface area (Å²) in [6.45, 7) is 0.632. The molecule has 0 aliphatic carbocycles. The molecule has 0 bridgehead atoms. The number of anilines is 2. The molecule has 2 heterocycles. The van der Waals surface area contributed by atoms with Crippen LogP contribution in [0.2, 0.25) is 0 Å². The zero-order chi connectivity index (χ0) is 21.8. The number of carbonyl (C=O) groups excluding carboxylic acids is 1. The maximum Gasteiger partial charge on any atom is 0.234 e. The molecule has 0 saturated heterocycles. The molecule has 5 rings (SSSR count). The van der Waals surface area contributed by atoms with E-state index in [-0.39, 0.29) is 18.5 Å². The number of para-hydroxylation sites is 1. The Kier molecular flexibility index (Phi) is 5.76. The van der Waals surface area contributed by atoms with E-state index >= 15 is 0 Å². The van der Waals surface area contributed by atoms with Crippen LogP contribution in [0.15, 0.2) is 88.8 Å². The number of aliphatic imine (C=N–C) groups is 2. The minimum atomic E-state index is -0.131. The number of hydrogen-bond acceptors (Lipinski definition) is 7. The van der Waals surface area contributed by atoms with Crippen molar-refractivity contribution in [1.29, 1.82) is 0 Å². The van der Waals surface area contributed by atoms with Gasteiger partial charge in [-0.2, -0.15) is 0 Å². The average Bonchev–Trinajstić information content (AvgIpc) is 3.32. The summed E-state index contributed by atoms with van der Waals surface area (Å²) in [5, 5.41) is 3.64.